The molecule has 0 aliphatic carbocycles. The van der Waals surface area contributed by atoms with E-state index < -0.39 is 23.3 Å². The SMILES string of the molecule is C=CC1CCC(c2ccc(-c3ccc(CCC4CCC(CCC)OC4)c(F)c3F)c(F)c2F)CO1. The van der Waals surface area contributed by atoms with Crippen molar-refractivity contribution in [3.8, 4) is 11.1 Å². The molecule has 190 valence electrons. The molecule has 2 nitrogen and oxygen atoms in total. The summed E-state index contributed by atoms with van der Waals surface area (Å²) in [4.78, 5) is 0. The van der Waals surface area contributed by atoms with Crippen LogP contribution in [0.15, 0.2) is 36.9 Å². The molecule has 2 heterocycles. The second kappa shape index (κ2) is 11.7. The number of ether oxygens (including phenoxy) is 2. The second-order valence-electron chi connectivity index (χ2n) is 9.84. The van der Waals surface area contributed by atoms with Crippen molar-refractivity contribution >= 4 is 0 Å². The lowest BCUT2D eigenvalue weighted by atomic mass is 9.89. The number of rotatable bonds is 8. The minimum atomic E-state index is -1.17. The lowest BCUT2D eigenvalue weighted by Gasteiger charge is -2.29. The van der Waals surface area contributed by atoms with Gasteiger partial charge in [0.25, 0.3) is 0 Å². The van der Waals surface area contributed by atoms with Crippen molar-refractivity contribution in [1.29, 1.82) is 0 Å². The molecule has 0 saturated carbocycles. The highest BCUT2D eigenvalue weighted by atomic mass is 19.2. The highest BCUT2D eigenvalue weighted by molar-refractivity contribution is 5.66. The van der Waals surface area contributed by atoms with E-state index in [1.165, 1.54) is 24.3 Å². The Morgan fingerprint density at radius 2 is 1.57 bits per heavy atom. The maximum atomic E-state index is 15.0. The molecule has 6 heteroatoms. The van der Waals surface area contributed by atoms with Crippen molar-refractivity contribution in [3.63, 3.8) is 0 Å². The van der Waals surface area contributed by atoms with Gasteiger partial charge in [-0.3, -0.25) is 0 Å². The summed E-state index contributed by atoms with van der Waals surface area (Å²) < 4.78 is 71.3. The number of hydrogen-bond acceptors (Lipinski definition) is 2. The zero-order valence-electron chi connectivity index (χ0n) is 20.3. The average Bonchev–Trinajstić information content (AvgIpc) is 2.88. The Morgan fingerprint density at radius 3 is 2.20 bits per heavy atom. The Kier molecular flexibility index (Phi) is 8.66. The largest absolute Gasteiger partial charge is 0.378 e. The van der Waals surface area contributed by atoms with Crippen LogP contribution in [-0.2, 0) is 15.9 Å². The standard InChI is InChI=1S/C29H34F4O2/c1-3-5-22-11-7-18(16-34-22)6-8-19-10-13-24(28(32)26(19)30)25-15-14-23(27(31)29(25)33)20-9-12-21(4-2)35-17-20/h4,10,13-15,18,20-22H,2-3,5-9,11-12,16-17H2,1H3. The van der Waals surface area contributed by atoms with Gasteiger partial charge in [0, 0.05) is 23.7 Å². The predicted octanol–water partition coefficient (Wildman–Crippen LogP) is 7.89. The van der Waals surface area contributed by atoms with Crippen LogP contribution in [0.1, 0.15) is 68.9 Å². The van der Waals surface area contributed by atoms with Crippen LogP contribution < -0.4 is 0 Å². The number of hydrogen-bond donors (Lipinski definition) is 0. The molecule has 2 aliphatic heterocycles. The maximum Gasteiger partial charge on any atom is 0.167 e. The second-order valence-corrected chi connectivity index (χ2v) is 9.84. The predicted molar refractivity (Wildman–Crippen MR) is 129 cm³/mol. The fourth-order valence-electron chi connectivity index (χ4n) is 5.28. The topological polar surface area (TPSA) is 18.5 Å². The zero-order chi connectivity index (χ0) is 24.9. The third-order valence-electron chi connectivity index (χ3n) is 7.48. The van der Waals surface area contributed by atoms with Gasteiger partial charge < -0.3 is 9.47 Å². The van der Waals surface area contributed by atoms with Crippen molar-refractivity contribution in [1.82, 2.24) is 0 Å². The molecule has 2 fully saturated rings. The molecule has 0 amide bonds. The van der Waals surface area contributed by atoms with E-state index in [0.29, 0.717) is 44.3 Å². The first-order valence-electron chi connectivity index (χ1n) is 12.7. The zero-order valence-corrected chi connectivity index (χ0v) is 20.3. The number of aryl methyl sites for hydroxylation is 1. The highest BCUT2D eigenvalue weighted by Gasteiger charge is 2.27. The van der Waals surface area contributed by atoms with Crippen LogP contribution in [0.25, 0.3) is 11.1 Å². The molecular formula is C29H34F4O2. The minimum Gasteiger partial charge on any atom is -0.378 e. The van der Waals surface area contributed by atoms with E-state index >= 15 is 4.39 Å². The average molecular weight is 491 g/mol. The molecule has 4 unspecified atom stereocenters. The molecule has 2 aromatic rings. The summed E-state index contributed by atoms with van der Waals surface area (Å²) in [6.07, 6.45) is 8.45. The van der Waals surface area contributed by atoms with Gasteiger partial charge >= 0.3 is 0 Å². The van der Waals surface area contributed by atoms with Gasteiger partial charge in [-0.05, 0) is 62.0 Å². The van der Waals surface area contributed by atoms with Crippen LogP contribution in [0.5, 0.6) is 0 Å². The van der Waals surface area contributed by atoms with Crippen molar-refractivity contribution in [2.75, 3.05) is 13.2 Å². The molecule has 0 aromatic heterocycles. The van der Waals surface area contributed by atoms with E-state index in [9.17, 15) is 13.2 Å². The van der Waals surface area contributed by atoms with Crippen LogP contribution in [0.4, 0.5) is 17.6 Å². The fraction of sp³-hybridized carbons (Fsp3) is 0.517. The summed E-state index contributed by atoms with van der Waals surface area (Å²) in [5.74, 6) is -4.32. The minimum absolute atomic E-state index is 0.0855. The summed E-state index contributed by atoms with van der Waals surface area (Å²) in [7, 11) is 0. The fourth-order valence-corrected chi connectivity index (χ4v) is 5.28. The van der Waals surface area contributed by atoms with Gasteiger partial charge in [0.15, 0.2) is 23.3 Å². The first kappa shape index (κ1) is 25.9. The lowest BCUT2D eigenvalue weighted by Crippen LogP contribution is -2.26. The molecule has 35 heavy (non-hydrogen) atoms. The van der Waals surface area contributed by atoms with Crippen molar-refractivity contribution in [2.45, 2.75) is 76.4 Å². The summed E-state index contributed by atoms with van der Waals surface area (Å²) in [6.45, 7) is 6.73. The highest BCUT2D eigenvalue weighted by Crippen LogP contribution is 2.36. The van der Waals surface area contributed by atoms with Gasteiger partial charge in [0.05, 0.1) is 18.8 Å². The Hall–Kier alpha value is -2.18. The number of benzene rings is 2. The van der Waals surface area contributed by atoms with E-state index in [4.69, 9.17) is 9.47 Å². The monoisotopic (exact) mass is 490 g/mol. The molecule has 0 N–H and O–H groups in total. The van der Waals surface area contributed by atoms with Crippen LogP contribution in [0.3, 0.4) is 0 Å². The van der Waals surface area contributed by atoms with Gasteiger partial charge in [-0.2, -0.15) is 0 Å². The molecule has 0 spiro atoms. The molecule has 2 saturated heterocycles. The Bertz CT molecular complexity index is 1020. The quantitative estimate of drug-likeness (QED) is 0.277. The van der Waals surface area contributed by atoms with Crippen LogP contribution in [0.2, 0.25) is 0 Å². The van der Waals surface area contributed by atoms with Crippen LogP contribution in [-0.4, -0.2) is 25.4 Å². The Labute approximate surface area is 205 Å². The summed E-state index contributed by atoms with van der Waals surface area (Å²) >= 11 is 0. The van der Waals surface area contributed by atoms with Crippen molar-refractivity contribution in [2.24, 2.45) is 5.92 Å². The molecule has 2 aromatic carbocycles. The molecule has 0 radical (unpaired) electrons. The summed E-state index contributed by atoms with van der Waals surface area (Å²) in [5.41, 5.74) is -0.112. The van der Waals surface area contributed by atoms with E-state index in [-0.39, 0.29) is 40.9 Å². The van der Waals surface area contributed by atoms with Crippen LogP contribution in [0, 0.1) is 29.2 Å². The Morgan fingerprint density at radius 1 is 0.829 bits per heavy atom. The summed E-state index contributed by atoms with van der Waals surface area (Å²) in [5, 5.41) is 0. The third-order valence-corrected chi connectivity index (χ3v) is 7.48. The molecule has 0 bridgehead atoms. The first-order chi connectivity index (χ1) is 16.9. The van der Waals surface area contributed by atoms with Gasteiger partial charge in [0.2, 0.25) is 0 Å². The van der Waals surface area contributed by atoms with Crippen molar-refractivity contribution in [3.05, 3.63) is 71.3 Å². The van der Waals surface area contributed by atoms with E-state index in [0.717, 1.165) is 25.7 Å². The van der Waals surface area contributed by atoms with Crippen LogP contribution >= 0.6 is 0 Å². The van der Waals surface area contributed by atoms with E-state index in [1.54, 1.807) is 6.08 Å². The first-order valence-corrected chi connectivity index (χ1v) is 12.7. The lowest BCUT2D eigenvalue weighted by molar-refractivity contribution is -0.0218. The molecular weight excluding hydrogens is 456 g/mol. The summed E-state index contributed by atoms with van der Waals surface area (Å²) in [6, 6.07) is 5.61. The molecule has 2 aliphatic rings. The smallest absolute Gasteiger partial charge is 0.167 e. The maximum absolute atomic E-state index is 15.0. The molecule has 4 rings (SSSR count). The van der Waals surface area contributed by atoms with Gasteiger partial charge in [0.1, 0.15) is 0 Å². The number of halogens is 4. The van der Waals surface area contributed by atoms with Crippen molar-refractivity contribution < 1.29 is 27.0 Å². The van der Waals surface area contributed by atoms with Gasteiger partial charge in [-0.25, -0.2) is 17.6 Å². The van der Waals surface area contributed by atoms with E-state index in [2.05, 4.69) is 13.5 Å². The molecule has 4 atom stereocenters. The van der Waals surface area contributed by atoms with E-state index in [1.807, 2.05) is 0 Å². The Balaban J connectivity index is 1.45. The normalized spacial score (nSPS) is 24.9. The van der Waals surface area contributed by atoms with Gasteiger partial charge in [-0.1, -0.05) is 43.7 Å². The van der Waals surface area contributed by atoms with Gasteiger partial charge in [-0.15, -0.1) is 6.58 Å². The third kappa shape index (κ3) is 5.80.